The number of ether oxygens (including phenoxy) is 11. The summed E-state index contributed by atoms with van der Waals surface area (Å²) < 4.78 is 58.8. The Bertz CT molecular complexity index is 877. The van der Waals surface area contributed by atoms with E-state index in [2.05, 4.69) is 11.2 Å². The Hall–Kier alpha value is -2.43. The molecular weight excluding hydrogens is 660 g/mol. The second-order valence-electron chi connectivity index (χ2n) is 11.5. The molecule has 0 aromatic rings. The van der Waals surface area contributed by atoms with E-state index >= 15 is 0 Å². The van der Waals surface area contributed by atoms with Crippen LogP contribution in [-0.4, -0.2) is 174 Å². The van der Waals surface area contributed by atoms with Gasteiger partial charge in [-0.15, -0.1) is 6.42 Å². The number of carbonyl (C=O) groups is 3. The van der Waals surface area contributed by atoms with Gasteiger partial charge in [-0.25, -0.2) is 0 Å². The third-order valence-corrected chi connectivity index (χ3v) is 6.14. The van der Waals surface area contributed by atoms with Gasteiger partial charge in [0, 0.05) is 27.2 Å². The second kappa shape index (κ2) is 33.7. The van der Waals surface area contributed by atoms with Gasteiger partial charge in [0.05, 0.1) is 99.1 Å². The minimum absolute atomic E-state index is 0.124. The van der Waals surface area contributed by atoms with Crippen LogP contribution in [0.4, 0.5) is 0 Å². The lowest BCUT2D eigenvalue weighted by Crippen LogP contribution is -2.45. The number of methoxy groups -OCH3 is 2. The van der Waals surface area contributed by atoms with Crippen LogP contribution in [0.15, 0.2) is 0 Å². The highest BCUT2D eigenvalue weighted by Gasteiger charge is 2.24. The molecule has 16 heteroatoms. The Morgan fingerprint density at radius 1 is 0.660 bits per heavy atom. The minimum Gasteiger partial charge on any atom is -0.459 e. The van der Waals surface area contributed by atoms with Crippen molar-refractivity contribution in [1.29, 1.82) is 0 Å². The molecule has 0 aliphatic rings. The Kier molecular flexibility index (Phi) is 32.1. The fourth-order valence-corrected chi connectivity index (χ4v) is 3.83. The zero-order valence-corrected chi connectivity index (χ0v) is 30.9. The fraction of sp³-hybridized carbons (Fsp3) is 0.853. The van der Waals surface area contributed by atoms with Gasteiger partial charge in [-0.1, -0.05) is 5.92 Å². The Morgan fingerprint density at radius 3 is 1.48 bits per heavy atom. The van der Waals surface area contributed by atoms with Gasteiger partial charge >= 0.3 is 5.97 Å². The molecule has 292 valence electrons. The molecule has 0 saturated carbocycles. The summed E-state index contributed by atoms with van der Waals surface area (Å²) in [5.41, 5.74) is -0.716. The number of hydrogen-bond acceptors (Lipinski definition) is 14. The highest BCUT2D eigenvalue weighted by Crippen LogP contribution is 2.10. The second-order valence-corrected chi connectivity index (χ2v) is 11.5. The summed E-state index contributed by atoms with van der Waals surface area (Å²) in [4.78, 5) is 38.9. The molecule has 0 rings (SSSR count). The Balaban J connectivity index is 3.78. The van der Waals surface area contributed by atoms with E-state index < -0.39 is 23.8 Å². The van der Waals surface area contributed by atoms with E-state index in [0.29, 0.717) is 112 Å². The molecule has 0 fully saturated rings. The van der Waals surface area contributed by atoms with Crippen molar-refractivity contribution < 1.29 is 66.5 Å². The number of rotatable bonds is 35. The quantitative estimate of drug-likeness (QED) is 0.0423. The zero-order chi connectivity index (χ0) is 37.1. The maximum atomic E-state index is 12.8. The number of terminal acetylenes is 1. The van der Waals surface area contributed by atoms with E-state index in [-0.39, 0.29) is 38.6 Å². The number of carbonyl (C=O) groups excluding carboxylic acids is 3. The van der Waals surface area contributed by atoms with Crippen LogP contribution in [0.25, 0.3) is 0 Å². The van der Waals surface area contributed by atoms with Crippen LogP contribution < -0.4 is 5.32 Å². The highest BCUT2D eigenvalue weighted by molar-refractivity contribution is 5.87. The van der Waals surface area contributed by atoms with Crippen LogP contribution in [0.2, 0.25) is 0 Å². The predicted molar refractivity (Wildman–Crippen MR) is 182 cm³/mol. The van der Waals surface area contributed by atoms with Crippen LogP contribution >= 0.6 is 0 Å². The molecule has 0 aromatic carbocycles. The largest absolute Gasteiger partial charge is 0.459 e. The van der Waals surface area contributed by atoms with Crippen molar-refractivity contribution in [3.8, 4) is 12.3 Å². The monoisotopic (exact) mass is 722 g/mol. The third kappa shape index (κ3) is 32.8. The molecule has 0 spiro atoms. The maximum Gasteiger partial charge on any atom is 0.326 e. The van der Waals surface area contributed by atoms with E-state index in [1.165, 1.54) is 19.1 Å². The average Bonchev–Trinajstić information content (AvgIpc) is 3.07. The van der Waals surface area contributed by atoms with E-state index in [9.17, 15) is 14.4 Å². The van der Waals surface area contributed by atoms with Crippen molar-refractivity contribution in [2.24, 2.45) is 0 Å². The number of nitrogens with zero attached hydrogens (tertiary/aromatic N) is 1. The van der Waals surface area contributed by atoms with Gasteiger partial charge < -0.3 is 62.3 Å². The lowest BCUT2D eigenvalue weighted by Gasteiger charge is -2.25. The fourth-order valence-electron chi connectivity index (χ4n) is 3.83. The summed E-state index contributed by atoms with van der Waals surface area (Å²) in [6.45, 7) is 11.6. The Morgan fingerprint density at radius 2 is 1.08 bits per heavy atom. The molecule has 0 atom stereocenters. The average molecular weight is 723 g/mol. The van der Waals surface area contributed by atoms with Crippen molar-refractivity contribution >= 4 is 17.8 Å². The normalized spacial score (nSPS) is 11.5. The molecule has 2 amide bonds. The summed E-state index contributed by atoms with van der Waals surface area (Å²) in [5.74, 6) is 1.04. The molecular formula is C34H62N2O14. The van der Waals surface area contributed by atoms with E-state index in [1.807, 2.05) is 0 Å². The van der Waals surface area contributed by atoms with Crippen molar-refractivity contribution in [3.05, 3.63) is 0 Å². The molecule has 0 unspecified atom stereocenters. The minimum atomic E-state index is -0.716. The van der Waals surface area contributed by atoms with Gasteiger partial charge in [-0.3, -0.25) is 14.4 Å². The van der Waals surface area contributed by atoms with Gasteiger partial charge in [0.15, 0.2) is 6.29 Å². The Labute approximate surface area is 298 Å². The predicted octanol–water partition coefficient (Wildman–Crippen LogP) is 0.828. The van der Waals surface area contributed by atoms with Crippen LogP contribution in [0.5, 0.6) is 0 Å². The summed E-state index contributed by atoms with van der Waals surface area (Å²) in [6.07, 6.45) is 5.73. The van der Waals surface area contributed by atoms with Crippen LogP contribution in [0.3, 0.4) is 0 Å². The van der Waals surface area contributed by atoms with Gasteiger partial charge in [-0.05, 0) is 33.6 Å². The molecule has 0 aliphatic carbocycles. The first-order valence-corrected chi connectivity index (χ1v) is 17.0. The van der Waals surface area contributed by atoms with Gasteiger partial charge in [0.2, 0.25) is 11.8 Å². The zero-order valence-electron chi connectivity index (χ0n) is 30.9. The molecule has 50 heavy (non-hydrogen) atoms. The summed E-state index contributed by atoms with van der Waals surface area (Å²) >= 11 is 0. The molecule has 0 saturated heterocycles. The van der Waals surface area contributed by atoms with Gasteiger partial charge in [0.25, 0.3) is 0 Å². The van der Waals surface area contributed by atoms with Crippen LogP contribution in [0.1, 0.15) is 40.0 Å². The highest BCUT2D eigenvalue weighted by atomic mass is 16.7. The lowest BCUT2D eigenvalue weighted by molar-refractivity contribution is -0.159. The topological polar surface area (TPSA) is 168 Å². The number of nitrogens with one attached hydrogen (secondary N) is 1. The van der Waals surface area contributed by atoms with Crippen LogP contribution in [-0.2, 0) is 66.5 Å². The number of hydrogen-bond donors (Lipinski definition) is 1. The van der Waals surface area contributed by atoms with Crippen LogP contribution in [0, 0.1) is 12.3 Å². The van der Waals surface area contributed by atoms with E-state index in [4.69, 9.17) is 58.5 Å². The van der Waals surface area contributed by atoms with Crippen molar-refractivity contribution in [2.45, 2.75) is 51.9 Å². The first-order valence-electron chi connectivity index (χ1n) is 17.0. The van der Waals surface area contributed by atoms with Crippen molar-refractivity contribution in [1.82, 2.24) is 10.2 Å². The molecule has 0 bridgehead atoms. The molecule has 16 nitrogen and oxygen atoms in total. The molecule has 0 heterocycles. The molecule has 0 aromatic heterocycles. The smallest absolute Gasteiger partial charge is 0.326 e. The first-order chi connectivity index (χ1) is 24.1. The standard InChI is InChI=1S/C34H62N2O14/c1-7-12-42-14-16-44-18-20-46-22-24-48-26-27-49-25-23-47-21-19-45-17-15-43-13-11-35-30(37)28-36(29-32(39)50-34(2,3)4)31(38)9-8-10-33(40-5)41-6/h1,33H,8-29H2,2-6H3,(H,35,37). The summed E-state index contributed by atoms with van der Waals surface area (Å²) in [7, 11) is 3.03. The first kappa shape index (κ1) is 47.6. The molecule has 1 N–H and O–H groups in total. The third-order valence-electron chi connectivity index (χ3n) is 6.14. The van der Waals surface area contributed by atoms with E-state index in [0.717, 1.165) is 0 Å². The van der Waals surface area contributed by atoms with Gasteiger partial charge in [0.1, 0.15) is 25.3 Å². The number of esters is 1. The lowest BCUT2D eigenvalue weighted by atomic mass is 10.2. The maximum absolute atomic E-state index is 12.8. The number of amides is 2. The molecule has 0 aliphatic heterocycles. The molecule has 0 radical (unpaired) electrons. The van der Waals surface area contributed by atoms with Gasteiger partial charge in [-0.2, -0.15) is 0 Å². The SMILES string of the molecule is C#CCOCCOCCOCCOCCOCCOCCOCCOCCNC(=O)CN(CC(=O)OC(C)(C)C)C(=O)CCCC(OC)OC. The summed E-state index contributed by atoms with van der Waals surface area (Å²) in [5, 5.41) is 2.70. The van der Waals surface area contributed by atoms with E-state index in [1.54, 1.807) is 20.8 Å². The van der Waals surface area contributed by atoms with Crippen molar-refractivity contribution in [3.63, 3.8) is 0 Å². The summed E-state index contributed by atoms with van der Waals surface area (Å²) in [6, 6.07) is 0. The van der Waals surface area contributed by atoms with Crippen molar-refractivity contribution in [2.75, 3.05) is 140 Å².